The normalized spacial score (nSPS) is 16.5. The topological polar surface area (TPSA) is 17.1 Å². The first kappa shape index (κ1) is 10.4. The molecule has 1 aliphatic carbocycles. The van der Waals surface area contributed by atoms with E-state index < -0.39 is 0 Å². The van der Waals surface area contributed by atoms with Gasteiger partial charge in [0.1, 0.15) is 0 Å². The van der Waals surface area contributed by atoms with Crippen molar-refractivity contribution in [3.05, 3.63) is 35.4 Å². The van der Waals surface area contributed by atoms with Gasteiger partial charge in [0.15, 0.2) is 5.78 Å². The van der Waals surface area contributed by atoms with Crippen LogP contribution >= 0.6 is 0 Å². The molecule has 80 valence electrons. The molecular weight excluding hydrogens is 184 g/mol. The number of ketones is 1. The second-order valence-corrected chi connectivity index (χ2v) is 5.43. The molecular formula is C14H18O. The average molecular weight is 202 g/mol. The molecule has 0 amide bonds. The van der Waals surface area contributed by atoms with Crippen LogP contribution in [0.4, 0.5) is 0 Å². The van der Waals surface area contributed by atoms with E-state index in [1.165, 1.54) is 5.56 Å². The molecule has 1 nitrogen and oxygen atoms in total. The van der Waals surface area contributed by atoms with Gasteiger partial charge in [-0.15, -0.1) is 0 Å². The summed E-state index contributed by atoms with van der Waals surface area (Å²) in [6.07, 6.45) is 2.16. The summed E-state index contributed by atoms with van der Waals surface area (Å²) in [5, 5.41) is 0. The maximum absolute atomic E-state index is 12.1. The SMILES string of the molecule is CC(C)(C)c1ccccc1C(=O)C1CC1. The minimum Gasteiger partial charge on any atom is -0.294 e. The lowest BCUT2D eigenvalue weighted by atomic mass is 9.82. The summed E-state index contributed by atoms with van der Waals surface area (Å²) in [5.41, 5.74) is 2.18. The number of hydrogen-bond donors (Lipinski definition) is 0. The smallest absolute Gasteiger partial charge is 0.166 e. The summed E-state index contributed by atoms with van der Waals surface area (Å²) in [7, 11) is 0. The fourth-order valence-corrected chi connectivity index (χ4v) is 1.92. The quantitative estimate of drug-likeness (QED) is 0.670. The molecule has 1 saturated carbocycles. The van der Waals surface area contributed by atoms with Crippen LogP contribution in [0.3, 0.4) is 0 Å². The molecule has 0 aromatic heterocycles. The molecule has 0 heterocycles. The molecule has 2 rings (SSSR count). The van der Waals surface area contributed by atoms with Crippen molar-refractivity contribution < 1.29 is 4.79 Å². The Morgan fingerprint density at radius 3 is 2.33 bits per heavy atom. The first-order valence-electron chi connectivity index (χ1n) is 5.64. The van der Waals surface area contributed by atoms with E-state index in [1.807, 2.05) is 18.2 Å². The van der Waals surface area contributed by atoms with Crippen LogP contribution in [0.25, 0.3) is 0 Å². The molecule has 1 aromatic carbocycles. The summed E-state index contributed by atoms with van der Waals surface area (Å²) in [5.74, 6) is 0.661. The van der Waals surface area contributed by atoms with Crippen molar-refractivity contribution in [2.45, 2.75) is 39.0 Å². The summed E-state index contributed by atoms with van der Waals surface area (Å²) >= 11 is 0. The number of carbonyl (C=O) groups excluding carboxylic acids is 1. The minimum absolute atomic E-state index is 0.0567. The third kappa shape index (κ3) is 2.11. The second-order valence-electron chi connectivity index (χ2n) is 5.43. The van der Waals surface area contributed by atoms with E-state index in [0.29, 0.717) is 11.7 Å². The summed E-state index contributed by atoms with van der Waals surface area (Å²) in [6.45, 7) is 6.48. The summed E-state index contributed by atoms with van der Waals surface area (Å²) in [6, 6.07) is 8.03. The Morgan fingerprint density at radius 2 is 1.80 bits per heavy atom. The van der Waals surface area contributed by atoms with Crippen LogP contribution < -0.4 is 0 Å². The number of rotatable bonds is 2. The van der Waals surface area contributed by atoms with Crippen molar-refractivity contribution in [3.8, 4) is 0 Å². The van der Waals surface area contributed by atoms with Crippen molar-refractivity contribution in [2.24, 2.45) is 5.92 Å². The molecule has 0 spiro atoms. The van der Waals surface area contributed by atoms with Gasteiger partial charge in [0, 0.05) is 11.5 Å². The van der Waals surface area contributed by atoms with Gasteiger partial charge in [-0.25, -0.2) is 0 Å². The molecule has 0 unspecified atom stereocenters. The predicted molar refractivity (Wildman–Crippen MR) is 62.2 cm³/mol. The first-order valence-corrected chi connectivity index (χ1v) is 5.64. The monoisotopic (exact) mass is 202 g/mol. The highest BCUT2D eigenvalue weighted by Crippen LogP contribution is 2.35. The zero-order valence-electron chi connectivity index (χ0n) is 9.71. The first-order chi connectivity index (χ1) is 7.00. The summed E-state index contributed by atoms with van der Waals surface area (Å²) in [4.78, 5) is 12.1. The zero-order chi connectivity index (χ0) is 11.1. The van der Waals surface area contributed by atoms with E-state index in [4.69, 9.17) is 0 Å². The van der Waals surface area contributed by atoms with Crippen LogP contribution in [0, 0.1) is 5.92 Å². The minimum atomic E-state index is 0.0567. The Bertz CT molecular complexity index is 381. The van der Waals surface area contributed by atoms with Gasteiger partial charge in [0.05, 0.1) is 0 Å². The van der Waals surface area contributed by atoms with E-state index >= 15 is 0 Å². The number of benzene rings is 1. The second kappa shape index (κ2) is 3.48. The molecule has 1 fully saturated rings. The Hall–Kier alpha value is -1.11. The third-order valence-corrected chi connectivity index (χ3v) is 2.95. The lowest BCUT2D eigenvalue weighted by Gasteiger charge is -2.22. The van der Waals surface area contributed by atoms with Gasteiger partial charge >= 0.3 is 0 Å². The maximum Gasteiger partial charge on any atom is 0.166 e. The highest BCUT2D eigenvalue weighted by Gasteiger charge is 2.33. The van der Waals surface area contributed by atoms with Gasteiger partial charge in [0.25, 0.3) is 0 Å². The Kier molecular flexibility index (Phi) is 2.41. The van der Waals surface area contributed by atoms with Crippen molar-refractivity contribution in [2.75, 3.05) is 0 Å². The van der Waals surface area contributed by atoms with Crippen LogP contribution in [0.2, 0.25) is 0 Å². The fourth-order valence-electron chi connectivity index (χ4n) is 1.92. The predicted octanol–water partition coefficient (Wildman–Crippen LogP) is 3.58. The molecule has 0 atom stereocenters. The van der Waals surface area contributed by atoms with Crippen molar-refractivity contribution in [1.29, 1.82) is 0 Å². The van der Waals surface area contributed by atoms with E-state index in [9.17, 15) is 4.79 Å². The van der Waals surface area contributed by atoms with Gasteiger partial charge in [0.2, 0.25) is 0 Å². The highest BCUT2D eigenvalue weighted by atomic mass is 16.1. The number of hydrogen-bond acceptors (Lipinski definition) is 1. The molecule has 1 heteroatoms. The van der Waals surface area contributed by atoms with Crippen LogP contribution in [-0.4, -0.2) is 5.78 Å². The van der Waals surface area contributed by atoms with Crippen molar-refractivity contribution in [1.82, 2.24) is 0 Å². The molecule has 0 bridgehead atoms. The largest absolute Gasteiger partial charge is 0.294 e. The van der Waals surface area contributed by atoms with Gasteiger partial charge in [-0.05, 0) is 23.8 Å². The van der Waals surface area contributed by atoms with E-state index in [1.54, 1.807) is 0 Å². The van der Waals surface area contributed by atoms with Crippen LogP contribution in [-0.2, 0) is 5.41 Å². The molecule has 1 aliphatic rings. The van der Waals surface area contributed by atoms with Crippen LogP contribution in [0.15, 0.2) is 24.3 Å². The Labute approximate surface area is 91.5 Å². The fraction of sp³-hybridized carbons (Fsp3) is 0.500. The average Bonchev–Trinajstić information content (AvgIpc) is 2.98. The highest BCUT2D eigenvalue weighted by molar-refractivity contribution is 6.00. The molecule has 15 heavy (non-hydrogen) atoms. The van der Waals surface area contributed by atoms with Gasteiger partial charge in [-0.2, -0.15) is 0 Å². The standard InChI is InChI=1S/C14H18O/c1-14(2,3)12-7-5-4-6-11(12)13(15)10-8-9-10/h4-7,10H,8-9H2,1-3H3. The van der Waals surface area contributed by atoms with E-state index in [0.717, 1.165) is 18.4 Å². The lowest BCUT2D eigenvalue weighted by molar-refractivity contribution is 0.0965. The van der Waals surface area contributed by atoms with Crippen molar-refractivity contribution >= 4 is 5.78 Å². The molecule has 0 radical (unpaired) electrons. The maximum atomic E-state index is 12.1. The summed E-state index contributed by atoms with van der Waals surface area (Å²) < 4.78 is 0. The van der Waals surface area contributed by atoms with Gasteiger partial charge in [-0.3, -0.25) is 4.79 Å². The van der Waals surface area contributed by atoms with Crippen molar-refractivity contribution in [3.63, 3.8) is 0 Å². The Morgan fingerprint density at radius 1 is 1.20 bits per heavy atom. The molecule has 0 aliphatic heterocycles. The molecule has 1 aromatic rings. The van der Waals surface area contributed by atoms with Crippen LogP contribution in [0.5, 0.6) is 0 Å². The van der Waals surface area contributed by atoms with Gasteiger partial charge < -0.3 is 0 Å². The zero-order valence-corrected chi connectivity index (χ0v) is 9.71. The Balaban J connectivity index is 2.41. The number of carbonyl (C=O) groups is 1. The van der Waals surface area contributed by atoms with Crippen LogP contribution in [0.1, 0.15) is 49.5 Å². The van der Waals surface area contributed by atoms with E-state index in [-0.39, 0.29) is 5.41 Å². The van der Waals surface area contributed by atoms with E-state index in [2.05, 4.69) is 26.8 Å². The van der Waals surface area contributed by atoms with Gasteiger partial charge in [-0.1, -0.05) is 45.0 Å². The molecule has 0 saturated heterocycles. The number of Topliss-reactive ketones (excluding diaryl/α,β-unsaturated/α-hetero) is 1. The third-order valence-electron chi connectivity index (χ3n) is 2.95. The lowest BCUT2D eigenvalue weighted by Crippen LogP contribution is -2.17. The molecule has 0 N–H and O–H groups in total.